The van der Waals surface area contributed by atoms with Crippen molar-refractivity contribution >= 4 is 16.9 Å². The first-order valence-electron chi connectivity index (χ1n) is 7.36. The van der Waals surface area contributed by atoms with E-state index in [9.17, 15) is 15.0 Å². The van der Waals surface area contributed by atoms with Gasteiger partial charge in [-0.2, -0.15) is 0 Å². The van der Waals surface area contributed by atoms with Gasteiger partial charge in [0.15, 0.2) is 11.7 Å². The van der Waals surface area contributed by atoms with Gasteiger partial charge in [0, 0.05) is 12.0 Å². The van der Waals surface area contributed by atoms with Crippen molar-refractivity contribution < 1.29 is 14.9 Å². The van der Waals surface area contributed by atoms with Gasteiger partial charge in [0.2, 0.25) is 0 Å². The van der Waals surface area contributed by atoms with Gasteiger partial charge in [-0.25, -0.2) is 4.98 Å². The molecule has 3 heterocycles. The summed E-state index contributed by atoms with van der Waals surface area (Å²) in [5, 5.41) is 20.0. The molecule has 0 amide bonds. The van der Waals surface area contributed by atoms with Crippen LogP contribution >= 0.6 is 0 Å². The zero-order chi connectivity index (χ0) is 15.9. The Balaban J connectivity index is 2.03. The van der Waals surface area contributed by atoms with E-state index in [0.717, 1.165) is 12.8 Å². The van der Waals surface area contributed by atoms with Crippen LogP contribution in [0.1, 0.15) is 26.0 Å². The van der Waals surface area contributed by atoms with Crippen molar-refractivity contribution in [3.63, 3.8) is 0 Å². The number of nitrogens with zero attached hydrogens (tertiary/aromatic N) is 2. The number of aliphatic hydroxyl groups is 2. The number of hydrogen-bond acceptors (Lipinski definition) is 6. The monoisotopic (exact) mass is 308 g/mol. The predicted molar refractivity (Wildman–Crippen MR) is 80.2 cm³/mol. The topological polar surface area (TPSA) is 126 Å². The van der Waals surface area contributed by atoms with Crippen LogP contribution in [-0.2, 0) is 4.74 Å². The second kappa shape index (κ2) is 5.71. The van der Waals surface area contributed by atoms with Crippen LogP contribution in [0, 0.1) is 5.92 Å². The molecule has 1 aliphatic rings. The maximum atomic E-state index is 11.8. The number of anilines is 1. The van der Waals surface area contributed by atoms with E-state index >= 15 is 0 Å². The number of H-pyrrole nitrogens is 1. The number of aromatic nitrogens is 3. The minimum Gasteiger partial charge on any atom is -0.394 e. The molecule has 0 saturated carbocycles. The molecule has 0 radical (unpaired) electrons. The third-order valence-corrected chi connectivity index (χ3v) is 4.20. The third kappa shape index (κ3) is 2.29. The molecule has 5 N–H and O–H groups in total. The first kappa shape index (κ1) is 15.0. The van der Waals surface area contributed by atoms with Gasteiger partial charge >= 0.3 is 0 Å². The zero-order valence-electron chi connectivity index (χ0n) is 12.3. The molecule has 0 unspecified atom stereocenters. The quantitative estimate of drug-likeness (QED) is 0.628. The van der Waals surface area contributed by atoms with Crippen molar-refractivity contribution in [2.45, 2.75) is 38.2 Å². The van der Waals surface area contributed by atoms with E-state index in [0.29, 0.717) is 5.52 Å². The molecule has 0 aromatic carbocycles. The summed E-state index contributed by atoms with van der Waals surface area (Å²) in [5.41, 5.74) is 6.03. The lowest BCUT2D eigenvalue weighted by Crippen LogP contribution is -2.27. The van der Waals surface area contributed by atoms with E-state index in [1.807, 2.05) is 6.92 Å². The van der Waals surface area contributed by atoms with Crippen molar-refractivity contribution in [1.82, 2.24) is 14.5 Å². The number of ether oxygens (including phenoxy) is 1. The predicted octanol–water partition coefficient (Wildman–Crippen LogP) is -0.0263. The number of hydrogen-bond donors (Lipinski definition) is 4. The van der Waals surface area contributed by atoms with Crippen molar-refractivity contribution in [2.75, 3.05) is 12.3 Å². The van der Waals surface area contributed by atoms with Crippen LogP contribution in [-0.4, -0.2) is 43.6 Å². The first-order chi connectivity index (χ1) is 10.6. The number of nitrogens with one attached hydrogen (secondary N) is 1. The highest BCUT2D eigenvalue weighted by atomic mass is 16.5. The van der Waals surface area contributed by atoms with E-state index in [2.05, 4.69) is 9.97 Å². The maximum Gasteiger partial charge on any atom is 0.277 e. The Morgan fingerprint density at radius 3 is 3.00 bits per heavy atom. The standard InChI is InChI=1S/C14H20N4O4/c1-2-3-7-9(5-19)22-14(12(7)20)18-6-16-11-8(18)4-10(15)17-13(11)21/h4,6-7,9,12,14,19-20H,2-3,5H2,1H3,(H3,15,17,21)/t7-,9-,12-,14-/m1/s1. The molecule has 2 aromatic heterocycles. The Labute approximate surface area is 126 Å². The first-order valence-corrected chi connectivity index (χ1v) is 7.36. The lowest BCUT2D eigenvalue weighted by Gasteiger charge is -2.19. The number of rotatable bonds is 4. The molecule has 22 heavy (non-hydrogen) atoms. The molecule has 2 aromatic rings. The lowest BCUT2D eigenvalue weighted by molar-refractivity contribution is -0.0490. The van der Waals surface area contributed by atoms with Gasteiger partial charge in [0.05, 0.1) is 24.6 Å². The molecule has 1 fully saturated rings. The van der Waals surface area contributed by atoms with Gasteiger partial charge in [-0.3, -0.25) is 4.79 Å². The molecule has 0 bridgehead atoms. The Morgan fingerprint density at radius 2 is 2.32 bits per heavy atom. The largest absolute Gasteiger partial charge is 0.394 e. The van der Waals surface area contributed by atoms with Crippen LogP contribution in [0.2, 0.25) is 0 Å². The van der Waals surface area contributed by atoms with E-state index < -0.39 is 18.4 Å². The van der Waals surface area contributed by atoms with Gasteiger partial charge in [-0.05, 0) is 6.42 Å². The van der Waals surface area contributed by atoms with Gasteiger partial charge in [0.1, 0.15) is 11.9 Å². The van der Waals surface area contributed by atoms with Gasteiger partial charge in [0.25, 0.3) is 5.56 Å². The van der Waals surface area contributed by atoms with E-state index in [-0.39, 0.29) is 29.4 Å². The van der Waals surface area contributed by atoms with E-state index in [1.165, 1.54) is 6.33 Å². The summed E-state index contributed by atoms with van der Waals surface area (Å²) in [6.07, 6.45) is 1.17. The van der Waals surface area contributed by atoms with Crippen molar-refractivity contribution in [2.24, 2.45) is 5.92 Å². The highest BCUT2D eigenvalue weighted by Gasteiger charge is 2.43. The average molecular weight is 308 g/mol. The number of aromatic amines is 1. The summed E-state index contributed by atoms with van der Waals surface area (Å²) < 4.78 is 7.39. The van der Waals surface area contributed by atoms with E-state index in [4.69, 9.17) is 10.5 Å². The molecule has 8 nitrogen and oxygen atoms in total. The molecule has 1 aliphatic heterocycles. The maximum absolute atomic E-state index is 11.8. The summed E-state index contributed by atoms with van der Waals surface area (Å²) in [5.74, 6) is 0.0624. The summed E-state index contributed by atoms with van der Waals surface area (Å²) in [7, 11) is 0. The summed E-state index contributed by atoms with van der Waals surface area (Å²) in [6, 6.07) is 1.58. The minimum atomic E-state index is -0.782. The highest BCUT2D eigenvalue weighted by molar-refractivity contribution is 5.76. The van der Waals surface area contributed by atoms with E-state index in [1.54, 1.807) is 10.6 Å². The Bertz CT molecular complexity index is 725. The Morgan fingerprint density at radius 1 is 1.55 bits per heavy atom. The van der Waals surface area contributed by atoms with Gasteiger partial charge < -0.3 is 30.2 Å². The van der Waals surface area contributed by atoms with Crippen LogP contribution in [0.25, 0.3) is 11.0 Å². The third-order valence-electron chi connectivity index (χ3n) is 4.20. The minimum absolute atomic E-state index is 0.156. The van der Waals surface area contributed by atoms with Crippen molar-refractivity contribution in [3.05, 3.63) is 22.7 Å². The Kier molecular flexibility index (Phi) is 3.90. The fraction of sp³-hybridized carbons (Fsp3) is 0.571. The van der Waals surface area contributed by atoms with Crippen molar-refractivity contribution in [3.8, 4) is 0 Å². The number of pyridine rings is 1. The van der Waals surface area contributed by atoms with Crippen LogP contribution in [0.15, 0.2) is 17.2 Å². The SMILES string of the molecule is CCC[C@H]1[C@@H](O)[C@H](n2cnc3c(=O)[nH]c(N)cc32)O[C@@H]1CO. The smallest absolute Gasteiger partial charge is 0.277 e. The highest BCUT2D eigenvalue weighted by Crippen LogP contribution is 2.37. The second-order valence-electron chi connectivity index (χ2n) is 5.63. The lowest BCUT2D eigenvalue weighted by atomic mass is 9.93. The molecule has 0 aliphatic carbocycles. The normalized spacial score (nSPS) is 28.5. The average Bonchev–Trinajstić information content (AvgIpc) is 3.02. The molecule has 0 spiro atoms. The second-order valence-corrected chi connectivity index (χ2v) is 5.63. The number of aliphatic hydroxyl groups excluding tert-OH is 2. The number of fused-ring (bicyclic) bond motifs is 1. The van der Waals surface area contributed by atoms with Crippen LogP contribution < -0.4 is 11.3 Å². The molecule has 120 valence electrons. The fourth-order valence-electron chi connectivity index (χ4n) is 3.16. The number of imidazole rings is 1. The van der Waals surface area contributed by atoms with Gasteiger partial charge in [-0.1, -0.05) is 13.3 Å². The van der Waals surface area contributed by atoms with Crippen LogP contribution in [0.5, 0.6) is 0 Å². The molecule has 8 heteroatoms. The Hall–Kier alpha value is -1.90. The molecule has 3 rings (SSSR count). The molecule has 1 saturated heterocycles. The van der Waals surface area contributed by atoms with Crippen molar-refractivity contribution in [1.29, 1.82) is 0 Å². The zero-order valence-corrected chi connectivity index (χ0v) is 12.3. The van der Waals surface area contributed by atoms with Crippen LogP contribution in [0.4, 0.5) is 5.82 Å². The fourth-order valence-corrected chi connectivity index (χ4v) is 3.16. The summed E-state index contributed by atoms with van der Waals surface area (Å²) in [6.45, 7) is 1.86. The number of nitrogen functional groups attached to an aromatic ring is 1. The summed E-state index contributed by atoms with van der Waals surface area (Å²) >= 11 is 0. The number of nitrogens with two attached hydrogens (primary N) is 1. The molecular weight excluding hydrogens is 288 g/mol. The molecular formula is C14H20N4O4. The van der Waals surface area contributed by atoms with Gasteiger partial charge in [-0.15, -0.1) is 0 Å². The summed E-state index contributed by atoms with van der Waals surface area (Å²) in [4.78, 5) is 18.4. The molecule has 4 atom stereocenters. The van der Waals surface area contributed by atoms with Crippen LogP contribution in [0.3, 0.4) is 0 Å².